The van der Waals surface area contributed by atoms with Crippen molar-refractivity contribution >= 4 is 29.6 Å². The van der Waals surface area contributed by atoms with E-state index < -0.39 is 35.7 Å². The Morgan fingerprint density at radius 2 is 1.38 bits per heavy atom. The standard InChI is InChI=1S/C25H20F6N4O2/c1-15(16-2-6-18(7-3-16)24(26,27)28)37-23(36)35-21-10-4-17(5-11-21)22(32)34-14-33-20-12-8-19(9-13-20)25(29,30)31/h2-15H,1H3,(H,35,36)(H2,32,33,34). The van der Waals surface area contributed by atoms with Gasteiger partial charge in [-0.15, -0.1) is 0 Å². The van der Waals surface area contributed by atoms with Crippen LogP contribution < -0.4 is 11.1 Å². The van der Waals surface area contributed by atoms with Crippen LogP contribution >= 0.6 is 0 Å². The molecule has 0 heterocycles. The number of benzene rings is 3. The van der Waals surface area contributed by atoms with E-state index in [1.807, 2.05) is 0 Å². The molecule has 0 bridgehead atoms. The van der Waals surface area contributed by atoms with Crippen LogP contribution in [-0.2, 0) is 17.1 Å². The minimum atomic E-state index is -4.46. The van der Waals surface area contributed by atoms with Crippen LogP contribution in [0.5, 0.6) is 0 Å². The molecule has 0 spiro atoms. The van der Waals surface area contributed by atoms with Gasteiger partial charge in [0.2, 0.25) is 0 Å². The lowest BCUT2D eigenvalue weighted by Crippen LogP contribution is -2.17. The van der Waals surface area contributed by atoms with Gasteiger partial charge in [-0.25, -0.2) is 14.8 Å². The Hall–Kier alpha value is -4.35. The first-order valence-electron chi connectivity index (χ1n) is 10.6. The van der Waals surface area contributed by atoms with E-state index in [0.717, 1.165) is 30.6 Å². The predicted molar refractivity (Wildman–Crippen MR) is 127 cm³/mol. The number of anilines is 1. The molecule has 0 aromatic heterocycles. The summed E-state index contributed by atoms with van der Waals surface area (Å²) in [4.78, 5) is 20.0. The Morgan fingerprint density at radius 3 is 1.89 bits per heavy atom. The maximum Gasteiger partial charge on any atom is 0.416 e. The summed E-state index contributed by atoms with van der Waals surface area (Å²) in [5, 5.41) is 2.50. The molecule has 3 aromatic carbocycles. The normalized spacial score (nSPS) is 13.4. The number of ether oxygens (including phenoxy) is 1. The van der Waals surface area contributed by atoms with Gasteiger partial charge in [0.15, 0.2) is 0 Å². The number of amides is 1. The number of alkyl halides is 6. The molecule has 0 aliphatic carbocycles. The molecule has 37 heavy (non-hydrogen) atoms. The second kappa shape index (κ2) is 11.1. The molecular weight excluding hydrogens is 502 g/mol. The van der Waals surface area contributed by atoms with Crippen LogP contribution in [0, 0.1) is 0 Å². The molecule has 0 aliphatic heterocycles. The SMILES string of the molecule is CC(OC(=O)Nc1ccc(C(N)=NC=Nc2ccc(C(F)(F)F)cc2)cc1)c1ccc(C(F)(F)F)cc1. The van der Waals surface area contributed by atoms with Crippen LogP contribution in [-0.4, -0.2) is 18.3 Å². The molecule has 0 aliphatic rings. The highest BCUT2D eigenvalue weighted by atomic mass is 19.4. The number of amidine groups is 1. The summed E-state index contributed by atoms with van der Waals surface area (Å²) in [5.74, 6) is 0.0701. The van der Waals surface area contributed by atoms with E-state index in [1.54, 1.807) is 12.1 Å². The number of halogens is 6. The Balaban J connectivity index is 1.55. The van der Waals surface area contributed by atoms with Crippen molar-refractivity contribution in [1.29, 1.82) is 0 Å². The fraction of sp³-hybridized carbons (Fsp3) is 0.160. The first-order valence-corrected chi connectivity index (χ1v) is 10.6. The van der Waals surface area contributed by atoms with Crippen molar-refractivity contribution in [3.63, 3.8) is 0 Å². The summed E-state index contributed by atoms with van der Waals surface area (Å²) in [7, 11) is 0. The van der Waals surface area contributed by atoms with Crippen LogP contribution in [0.1, 0.15) is 35.3 Å². The lowest BCUT2D eigenvalue weighted by atomic mass is 10.1. The number of carbonyl (C=O) groups is 1. The molecular formula is C25H20F6N4O2. The van der Waals surface area contributed by atoms with Gasteiger partial charge in [0.1, 0.15) is 18.3 Å². The van der Waals surface area contributed by atoms with E-state index in [2.05, 4.69) is 15.3 Å². The third kappa shape index (κ3) is 7.82. The summed E-state index contributed by atoms with van der Waals surface area (Å²) in [6, 6.07) is 14.6. The van der Waals surface area contributed by atoms with Crippen LogP contribution in [0.4, 0.5) is 42.5 Å². The fourth-order valence-corrected chi connectivity index (χ4v) is 3.01. The van der Waals surface area contributed by atoms with Crippen molar-refractivity contribution < 1.29 is 35.9 Å². The summed E-state index contributed by atoms with van der Waals surface area (Å²) in [6.07, 6.45) is -9.41. The highest BCUT2D eigenvalue weighted by Gasteiger charge is 2.30. The van der Waals surface area contributed by atoms with Crippen molar-refractivity contribution in [2.45, 2.75) is 25.4 Å². The van der Waals surface area contributed by atoms with Crippen molar-refractivity contribution in [1.82, 2.24) is 0 Å². The Labute approximate surface area is 207 Å². The number of nitrogens with two attached hydrogens (primary N) is 1. The minimum absolute atomic E-state index is 0.0701. The van der Waals surface area contributed by atoms with E-state index in [0.29, 0.717) is 16.8 Å². The minimum Gasteiger partial charge on any atom is -0.441 e. The zero-order valence-electron chi connectivity index (χ0n) is 19.1. The van der Waals surface area contributed by atoms with Gasteiger partial charge in [-0.1, -0.05) is 12.1 Å². The van der Waals surface area contributed by atoms with Gasteiger partial charge in [-0.2, -0.15) is 26.3 Å². The molecule has 12 heteroatoms. The molecule has 1 amide bonds. The third-order valence-electron chi connectivity index (χ3n) is 5.02. The van der Waals surface area contributed by atoms with Gasteiger partial charge in [-0.05, 0) is 73.2 Å². The average molecular weight is 522 g/mol. The Morgan fingerprint density at radius 1 is 0.865 bits per heavy atom. The molecule has 6 nitrogen and oxygen atoms in total. The highest BCUT2D eigenvalue weighted by Crippen LogP contribution is 2.31. The van der Waals surface area contributed by atoms with E-state index in [9.17, 15) is 31.1 Å². The second-order valence-corrected chi connectivity index (χ2v) is 7.67. The van der Waals surface area contributed by atoms with Crippen molar-refractivity contribution in [3.8, 4) is 0 Å². The largest absolute Gasteiger partial charge is 0.441 e. The third-order valence-corrected chi connectivity index (χ3v) is 5.02. The molecule has 194 valence electrons. The van der Waals surface area contributed by atoms with Crippen LogP contribution in [0.15, 0.2) is 82.8 Å². The van der Waals surface area contributed by atoms with Gasteiger partial charge >= 0.3 is 18.4 Å². The zero-order chi connectivity index (χ0) is 27.2. The average Bonchev–Trinajstić information content (AvgIpc) is 2.83. The molecule has 1 atom stereocenters. The maximum absolute atomic E-state index is 12.7. The predicted octanol–water partition coefficient (Wildman–Crippen LogP) is 7.10. The molecule has 0 saturated carbocycles. The quantitative estimate of drug-likeness (QED) is 0.206. The number of nitrogens with one attached hydrogen (secondary N) is 1. The number of hydrogen-bond donors (Lipinski definition) is 2. The molecule has 0 radical (unpaired) electrons. The number of rotatable bonds is 6. The van der Waals surface area contributed by atoms with E-state index in [4.69, 9.17) is 10.5 Å². The number of aliphatic imine (C=N–C) groups is 2. The first kappa shape index (κ1) is 27.2. The lowest BCUT2D eigenvalue weighted by Gasteiger charge is -2.15. The van der Waals surface area contributed by atoms with Crippen LogP contribution in [0.25, 0.3) is 0 Å². The van der Waals surface area contributed by atoms with E-state index in [-0.39, 0.29) is 11.5 Å². The molecule has 0 saturated heterocycles. The summed E-state index contributed by atoms with van der Waals surface area (Å²) in [6.45, 7) is 1.52. The van der Waals surface area contributed by atoms with E-state index in [1.165, 1.54) is 43.3 Å². The number of nitrogens with zero attached hydrogens (tertiary/aromatic N) is 2. The highest BCUT2D eigenvalue weighted by molar-refractivity contribution is 6.01. The van der Waals surface area contributed by atoms with Crippen LogP contribution in [0.3, 0.4) is 0 Å². The fourth-order valence-electron chi connectivity index (χ4n) is 3.01. The van der Waals surface area contributed by atoms with Crippen molar-refractivity contribution in [3.05, 3.63) is 95.1 Å². The summed E-state index contributed by atoms with van der Waals surface area (Å²) >= 11 is 0. The monoisotopic (exact) mass is 522 g/mol. The van der Waals surface area contributed by atoms with Crippen LogP contribution in [0.2, 0.25) is 0 Å². The first-order chi connectivity index (χ1) is 17.3. The second-order valence-electron chi connectivity index (χ2n) is 7.67. The zero-order valence-corrected chi connectivity index (χ0v) is 19.1. The van der Waals surface area contributed by atoms with Gasteiger partial charge in [0.05, 0.1) is 16.8 Å². The van der Waals surface area contributed by atoms with Crippen molar-refractivity contribution in [2.24, 2.45) is 15.7 Å². The van der Waals surface area contributed by atoms with Gasteiger partial charge < -0.3 is 10.5 Å². The summed E-state index contributed by atoms with van der Waals surface area (Å²) < 4.78 is 81.0. The van der Waals surface area contributed by atoms with Crippen molar-refractivity contribution in [2.75, 3.05) is 5.32 Å². The van der Waals surface area contributed by atoms with E-state index >= 15 is 0 Å². The number of carbonyl (C=O) groups excluding carboxylic acids is 1. The summed E-state index contributed by atoms with van der Waals surface area (Å²) in [5.41, 5.74) is 5.78. The molecule has 3 aromatic rings. The van der Waals surface area contributed by atoms with Gasteiger partial charge in [0, 0.05) is 11.3 Å². The molecule has 1 unspecified atom stereocenters. The molecule has 3 N–H and O–H groups in total. The molecule has 3 rings (SSSR count). The van der Waals surface area contributed by atoms with Gasteiger partial charge in [-0.3, -0.25) is 5.32 Å². The number of hydrogen-bond acceptors (Lipinski definition) is 3. The Kier molecular flexibility index (Phi) is 8.21. The van der Waals surface area contributed by atoms with Gasteiger partial charge in [0.25, 0.3) is 0 Å². The maximum atomic E-state index is 12.7. The smallest absolute Gasteiger partial charge is 0.416 e. The lowest BCUT2D eigenvalue weighted by molar-refractivity contribution is -0.138. The molecule has 0 fully saturated rings. The Bertz CT molecular complexity index is 1270. The topological polar surface area (TPSA) is 89.1 Å².